The second-order valence-electron chi connectivity index (χ2n) is 6.24. The van der Waals surface area contributed by atoms with Crippen LogP contribution in [0.15, 0.2) is 42.6 Å². The molecule has 0 atom stereocenters. The van der Waals surface area contributed by atoms with Gasteiger partial charge in [0.25, 0.3) is 5.91 Å². The lowest BCUT2D eigenvalue weighted by Crippen LogP contribution is -2.12. The van der Waals surface area contributed by atoms with Crippen molar-refractivity contribution >= 4 is 23.0 Å². The first-order valence-corrected chi connectivity index (χ1v) is 8.43. The van der Waals surface area contributed by atoms with Gasteiger partial charge in [0, 0.05) is 29.7 Å². The van der Waals surface area contributed by atoms with E-state index in [1.54, 1.807) is 30.3 Å². The summed E-state index contributed by atoms with van der Waals surface area (Å²) in [7, 11) is 0. The van der Waals surface area contributed by atoms with Crippen LogP contribution in [0.3, 0.4) is 0 Å². The number of nitrogens with zero attached hydrogens (tertiary/aromatic N) is 2. The smallest absolute Gasteiger partial charge is 0.259 e. The zero-order chi connectivity index (χ0) is 18.7. The lowest BCUT2D eigenvalue weighted by Gasteiger charge is -2.08. The van der Waals surface area contributed by atoms with Crippen LogP contribution in [0.25, 0.3) is 5.65 Å². The van der Waals surface area contributed by atoms with E-state index in [0.717, 1.165) is 11.4 Å². The van der Waals surface area contributed by atoms with Gasteiger partial charge in [0.05, 0.1) is 12.2 Å². The van der Waals surface area contributed by atoms with Crippen LogP contribution in [0.2, 0.25) is 0 Å². The number of fused-ring (bicyclic) bond motifs is 1. The van der Waals surface area contributed by atoms with Crippen molar-refractivity contribution in [2.45, 2.75) is 27.2 Å². The van der Waals surface area contributed by atoms with Crippen molar-refractivity contribution in [1.29, 1.82) is 0 Å². The molecule has 0 unspecified atom stereocenters. The predicted molar refractivity (Wildman–Crippen MR) is 99.9 cm³/mol. The highest BCUT2D eigenvalue weighted by molar-refractivity contribution is 6.08. The van der Waals surface area contributed by atoms with Crippen LogP contribution in [0.1, 0.15) is 35.1 Å². The first-order chi connectivity index (χ1) is 12.4. The number of rotatable bonds is 6. The Morgan fingerprint density at radius 1 is 1.15 bits per heavy atom. The minimum atomic E-state index is -0.213. The van der Waals surface area contributed by atoms with E-state index in [0.29, 0.717) is 35.7 Å². The molecule has 0 fully saturated rings. The summed E-state index contributed by atoms with van der Waals surface area (Å²) in [5.74, 6) is 0.537. The summed E-state index contributed by atoms with van der Waals surface area (Å²) in [5, 5.41) is 2.87. The molecule has 1 N–H and O–H groups in total. The van der Waals surface area contributed by atoms with E-state index in [9.17, 15) is 9.59 Å². The number of hydrogen-bond donors (Lipinski definition) is 1. The number of aromatic nitrogens is 2. The fraction of sp³-hybridized carbons (Fsp3) is 0.250. The highest BCUT2D eigenvalue weighted by atomic mass is 16.5. The summed E-state index contributed by atoms with van der Waals surface area (Å²) in [6.07, 6.45) is 2.23. The Labute approximate surface area is 151 Å². The highest BCUT2D eigenvalue weighted by Crippen LogP contribution is 2.19. The molecule has 0 aliphatic carbocycles. The van der Waals surface area contributed by atoms with Crippen LogP contribution in [0, 0.1) is 13.8 Å². The number of aryl methyl sites for hydroxylation is 2. The number of hydrogen-bond acceptors (Lipinski definition) is 4. The van der Waals surface area contributed by atoms with Gasteiger partial charge in [-0.1, -0.05) is 0 Å². The SMILES string of the molecule is CC(=O)CCOc1ccc(NC(=O)c2ccn3c(C)cc(C)nc23)cc1. The Morgan fingerprint density at radius 2 is 1.88 bits per heavy atom. The van der Waals surface area contributed by atoms with Crippen LogP contribution in [0.5, 0.6) is 5.75 Å². The molecular formula is C20H21N3O3. The Hall–Kier alpha value is -3.15. The fourth-order valence-electron chi connectivity index (χ4n) is 2.72. The molecule has 1 aromatic carbocycles. The molecule has 1 amide bonds. The van der Waals surface area contributed by atoms with Crippen LogP contribution < -0.4 is 10.1 Å². The largest absolute Gasteiger partial charge is 0.493 e. The molecular weight excluding hydrogens is 330 g/mol. The quantitative estimate of drug-likeness (QED) is 0.737. The Balaban J connectivity index is 1.71. The molecule has 0 spiro atoms. The molecule has 3 aromatic rings. The molecule has 0 saturated carbocycles. The molecule has 26 heavy (non-hydrogen) atoms. The van der Waals surface area contributed by atoms with Crippen molar-refractivity contribution in [2.24, 2.45) is 0 Å². The zero-order valence-electron chi connectivity index (χ0n) is 15.1. The van der Waals surface area contributed by atoms with E-state index in [2.05, 4.69) is 10.3 Å². The van der Waals surface area contributed by atoms with E-state index < -0.39 is 0 Å². The summed E-state index contributed by atoms with van der Waals surface area (Å²) < 4.78 is 7.38. The van der Waals surface area contributed by atoms with E-state index in [1.165, 1.54) is 6.92 Å². The third kappa shape index (κ3) is 3.91. The standard InChI is InChI=1S/C20H21N3O3/c1-13-12-14(2)23-10-8-18(19(23)21-13)20(25)22-16-4-6-17(7-5-16)26-11-9-15(3)24/h4-8,10,12H,9,11H2,1-3H3,(H,22,25). The topological polar surface area (TPSA) is 72.7 Å². The lowest BCUT2D eigenvalue weighted by molar-refractivity contribution is -0.117. The maximum atomic E-state index is 12.6. The van der Waals surface area contributed by atoms with Crippen molar-refractivity contribution in [2.75, 3.05) is 11.9 Å². The second kappa shape index (κ2) is 7.39. The third-order valence-corrected chi connectivity index (χ3v) is 4.02. The minimum Gasteiger partial charge on any atom is -0.493 e. The number of ether oxygens (including phenoxy) is 1. The number of anilines is 1. The second-order valence-corrected chi connectivity index (χ2v) is 6.24. The fourth-order valence-corrected chi connectivity index (χ4v) is 2.72. The van der Waals surface area contributed by atoms with Gasteiger partial charge < -0.3 is 14.5 Å². The van der Waals surface area contributed by atoms with Gasteiger partial charge in [-0.15, -0.1) is 0 Å². The first kappa shape index (κ1) is 17.7. The van der Waals surface area contributed by atoms with Crippen molar-refractivity contribution in [1.82, 2.24) is 9.38 Å². The van der Waals surface area contributed by atoms with Gasteiger partial charge in [0.15, 0.2) is 0 Å². The number of Topliss-reactive ketones (excluding diaryl/α,β-unsaturated/α-hetero) is 1. The van der Waals surface area contributed by atoms with E-state index in [-0.39, 0.29) is 11.7 Å². The number of benzene rings is 1. The van der Waals surface area contributed by atoms with Gasteiger partial charge in [-0.2, -0.15) is 0 Å². The molecule has 3 rings (SSSR count). The minimum absolute atomic E-state index is 0.0905. The molecule has 0 aliphatic heterocycles. The molecule has 2 aromatic heterocycles. The molecule has 6 nitrogen and oxygen atoms in total. The summed E-state index contributed by atoms with van der Waals surface area (Å²) in [4.78, 5) is 28.0. The molecule has 134 valence electrons. The number of nitrogens with one attached hydrogen (secondary N) is 1. The van der Waals surface area contributed by atoms with Gasteiger partial charge in [0.2, 0.25) is 0 Å². The van der Waals surface area contributed by atoms with Crippen molar-refractivity contribution in [3.05, 3.63) is 59.5 Å². The molecule has 0 saturated heterocycles. The van der Waals surface area contributed by atoms with Crippen LogP contribution in [0.4, 0.5) is 5.69 Å². The average molecular weight is 351 g/mol. The number of carbonyl (C=O) groups excluding carboxylic acids is 2. The van der Waals surface area contributed by atoms with E-state index >= 15 is 0 Å². The van der Waals surface area contributed by atoms with Crippen molar-refractivity contribution < 1.29 is 14.3 Å². The monoisotopic (exact) mass is 351 g/mol. The Bertz CT molecular complexity index is 958. The van der Waals surface area contributed by atoms with Crippen LogP contribution in [-0.2, 0) is 4.79 Å². The molecule has 0 aliphatic rings. The Morgan fingerprint density at radius 3 is 2.58 bits per heavy atom. The van der Waals surface area contributed by atoms with Gasteiger partial charge in [-0.25, -0.2) is 4.98 Å². The van der Waals surface area contributed by atoms with Gasteiger partial charge >= 0.3 is 0 Å². The van der Waals surface area contributed by atoms with E-state index in [1.807, 2.05) is 30.5 Å². The average Bonchev–Trinajstić information content (AvgIpc) is 3.00. The van der Waals surface area contributed by atoms with Crippen molar-refractivity contribution in [3.63, 3.8) is 0 Å². The van der Waals surface area contributed by atoms with Gasteiger partial charge in [0.1, 0.15) is 17.2 Å². The zero-order valence-corrected chi connectivity index (χ0v) is 15.1. The molecule has 6 heteroatoms. The number of amides is 1. The maximum Gasteiger partial charge on any atom is 0.259 e. The predicted octanol–water partition coefficient (Wildman–Crippen LogP) is 3.56. The van der Waals surface area contributed by atoms with Crippen LogP contribution >= 0.6 is 0 Å². The van der Waals surface area contributed by atoms with Crippen molar-refractivity contribution in [3.8, 4) is 5.75 Å². The highest BCUT2D eigenvalue weighted by Gasteiger charge is 2.14. The maximum absolute atomic E-state index is 12.6. The summed E-state index contributed by atoms with van der Waals surface area (Å²) in [6, 6.07) is 10.8. The van der Waals surface area contributed by atoms with Gasteiger partial charge in [-0.05, 0) is 57.2 Å². The molecule has 0 radical (unpaired) electrons. The summed E-state index contributed by atoms with van der Waals surface area (Å²) in [5.41, 5.74) is 3.73. The third-order valence-electron chi connectivity index (χ3n) is 4.02. The summed E-state index contributed by atoms with van der Waals surface area (Å²) >= 11 is 0. The molecule has 2 heterocycles. The number of carbonyl (C=O) groups is 2. The van der Waals surface area contributed by atoms with E-state index in [4.69, 9.17) is 4.74 Å². The van der Waals surface area contributed by atoms with Crippen LogP contribution in [-0.4, -0.2) is 27.7 Å². The first-order valence-electron chi connectivity index (χ1n) is 8.43. The Kier molecular flexibility index (Phi) is 5.02. The lowest BCUT2D eigenvalue weighted by atomic mass is 10.2. The molecule has 0 bridgehead atoms. The number of ketones is 1. The summed E-state index contributed by atoms with van der Waals surface area (Å²) in [6.45, 7) is 5.77. The normalized spacial score (nSPS) is 10.7. The van der Waals surface area contributed by atoms with Gasteiger partial charge in [-0.3, -0.25) is 9.59 Å².